The van der Waals surface area contributed by atoms with Gasteiger partial charge < -0.3 is 15.5 Å². The third-order valence-corrected chi connectivity index (χ3v) is 3.79. The van der Waals surface area contributed by atoms with Gasteiger partial charge in [0.25, 0.3) is 5.91 Å². The van der Waals surface area contributed by atoms with Crippen molar-refractivity contribution >= 4 is 17.5 Å². The van der Waals surface area contributed by atoms with Gasteiger partial charge in [0, 0.05) is 44.4 Å². The fourth-order valence-corrected chi connectivity index (χ4v) is 2.47. The summed E-state index contributed by atoms with van der Waals surface area (Å²) in [4.78, 5) is 27.3. The lowest BCUT2D eigenvalue weighted by Gasteiger charge is -2.30. The summed E-state index contributed by atoms with van der Waals surface area (Å²) in [7, 11) is 3.89. The Hall–Kier alpha value is -2.04. The van der Waals surface area contributed by atoms with Gasteiger partial charge in [0.15, 0.2) is 0 Å². The van der Waals surface area contributed by atoms with Gasteiger partial charge in [-0.15, -0.1) is 0 Å². The lowest BCUT2D eigenvalue weighted by molar-refractivity contribution is -0.123. The Balaban J connectivity index is 2.05. The van der Waals surface area contributed by atoms with E-state index in [0.717, 1.165) is 5.69 Å². The molecule has 1 aliphatic rings. The molecular weight excluding hydrogens is 254 g/mol. The van der Waals surface area contributed by atoms with Crippen LogP contribution in [0.15, 0.2) is 24.3 Å². The van der Waals surface area contributed by atoms with Crippen LogP contribution in [-0.2, 0) is 4.79 Å². The van der Waals surface area contributed by atoms with Crippen LogP contribution in [0.5, 0.6) is 0 Å². The van der Waals surface area contributed by atoms with Crippen LogP contribution in [0.3, 0.4) is 0 Å². The van der Waals surface area contributed by atoms with Crippen LogP contribution in [0, 0.1) is 5.92 Å². The number of carbonyl (C=O) groups is 2. The molecule has 0 atom stereocenters. The first-order chi connectivity index (χ1) is 9.49. The average molecular weight is 275 g/mol. The number of nitrogens with two attached hydrogens (primary N) is 1. The van der Waals surface area contributed by atoms with E-state index in [-0.39, 0.29) is 17.7 Å². The van der Waals surface area contributed by atoms with Crippen LogP contribution < -0.4 is 10.6 Å². The molecule has 0 spiro atoms. The molecule has 20 heavy (non-hydrogen) atoms. The number of nitrogens with zero attached hydrogens (tertiary/aromatic N) is 2. The van der Waals surface area contributed by atoms with Gasteiger partial charge in [-0.2, -0.15) is 0 Å². The molecule has 1 aromatic rings. The number of anilines is 1. The van der Waals surface area contributed by atoms with Crippen LogP contribution in [0.2, 0.25) is 0 Å². The van der Waals surface area contributed by atoms with Crippen LogP contribution >= 0.6 is 0 Å². The molecule has 1 fully saturated rings. The summed E-state index contributed by atoms with van der Waals surface area (Å²) in [6, 6.07) is 7.58. The van der Waals surface area contributed by atoms with Gasteiger partial charge in [-0.3, -0.25) is 9.59 Å². The summed E-state index contributed by atoms with van der Waals surface area (Å²) in [5.41, 5.74) is 7.00. The van der Waals surface area contributed by atoms with Crippen molar-refractivity contribution < 1.29 is 9.59 Å². The van der Waals surface area contributed by atoms with Gasteiger partial charge in [0.05, 0.1) is 0 Å². The fraction of sp³-hybridized carbons (Fsp3) is 0.467. The second-order valence-electron chi connectivity index (χ2n) is 5.41. The minimum Gasteiger partial charge on any atom is -0.378 e. The average Bonchev–Trinajstić information content (AvgIpc) is 2.46. The summed E-state index contributed by atoms with van der Waals surface area (Å²) in [5, 5.41) is 0. The maximum atomic E-state index is 12.4. The van der Waals surface area contributed by atoms with Crippen molar-refractivity contribution in [2.75, 3.05) is 32.1 Å². The highest BCUT2D eigenvalue weighted by atomic mass is 16.2. The fourth-order valence-electron chi connectivity index (χ4n) is 2.47. The van der Waals surface area contributed by atoms with Gasteiger partial charge in [0.2, 0.25) is 5.91 Å². The molecule has 2 N–H and O–H groups in total. The summed E-state index contributed by atoms with van der Waals surface area (Å²) in [6.45, 7) is 1.19. The molecule has 0 unspecified atom stereocenters. The lowest BCUT2D eigenvalue weighted by atomic mass is 9.96. The molecule has 0 aromatic heterocycles. The Morgan fingerprint density at radius 1 is 1.25 bits per heavy atom. The standard InChI is InChI=1S/C15H21N3O2/c1-17(2)13-5-3-4-12(10-13)15(20)18-8-6-11(7-9-18)14(16)19/h3-5,10-11H,6-9H2,1-2H3,(H2,16,19). The molecule has 0 radical (unpaired) electrons. The number of hydrogen-bond donors (Lipinski definition) is 1. The largest absolute Gasteiger partial charge is 0.378 e. The molecule has 0 bridgehead atoms. The predicted octanol–water partition coefficient (Wildman–Crippen LogP) is 1.09. The number of likely N-dealkylation sites (tertiary alicyclic amines) is 1. The molecule has 108 valence electrons. The number of piperidine rings is 1. The van der Waals surface area contributed by atoms with E-state index in [4.69, 9.17) is 5.73 Å². The minimum absolute atomic E-state index is 0.0246. The van der Waals surface area contributed by atoms with Crippen molar-refractivity contribution in [1.29, 1.82) is 0 Å². The SMILES string of the molecule is CN(C)c1cccc(C(=O)N2CCC(C(N)=O)CC2)c1. The number of rotatable bonds is 3. The van der Waals surface area contributed by atoms with E-state index < -0.39 is 0 Å². The first kappa shape index (κ1) is 14.4. The van der Waals surface area contributed by atoms with E-state index in [1.165, 1.54) is 0 Å². The van der Waals surface area contributed by atoms with Gasteiger partial charge in [0.1, 0.15) is 0 Å². The van der Waals surface area contributed by atoms with Crippen molar-refractivity contribution in [3.63, 3.8) is 0 Å². The van der Waals surface area contributed by atoms with Crippen molar-refractivity contribution in [2.45, 2.75) is 12.8 Å². The highest BCUT2D eigenvalue weighted by Gasteiger charge is 2.26. The van der Waals surface area contributed by atoms with E-state index in [0.29, 0.717) is 31.5 Å². The molecule has 1 saturated heterocycles. The zero-order valence-corrected chi connectivity index (χ0v) is 12.0. The molecule has 5 nitrogen and oxygen atoms in total. The van der Waals surface area contributed by atoms with Crippen LogP contribution in [-0.4, -0.2) is 43.9 Å². The molecule has 1 aromatic carbocycles. The Morgan fingerprint density at radius 3 is 2.45 bits per heavy atom. The number of amides is 2. The molecule has 1 heterocycles. The summed E-state index contributed by atoms with van der Waals surface area (Å²) in [6.07, 6.45) is 1.32. The molecule has 2 amide bonds. The molecular formula is C15H21N3O2. The van der Waals surface area contributed by atoms with Crippen LogP contribution in [0.1, 0.15) is 23.2 Å². The number of carbonyl (C=O) groups excluding carboxylic acids is 2. The predicted molar refractivity (Wildman–Crippen MR) is 78.6 cm³/mol. The molecule has 5 heteroatoms. The Bertz CT molecular complexity index is 506. The van der Waals surface area contributed by atoms with Crippen molar-refractivity contribution in [3.05, 3.63) is 29.8 Å². The lowest BCUT2D eigenvalue weighted by Crippen LogP contribution is -2.41. The van der Waals surface area contributed by atoms with E-state index in [1.54, 1.807) is 4.90 Å². The number of benzene rings is 1. The number of hydrogen-bond acceptors (Lipinski definition) is 3. The smallest absolute Gasteiger partial charge is 0.253 e. The van der Waals surface area contributed by atoms with Crippen molar-refractivity contribution in [1.82, 2.24) is 4.90 Å². The second-order valence-corrected chi connectivity index (χ2v) is 5.41. The van der Waals surface area contributed by atoms with Crippen LogP contribution in [0.4, 0.5) is 5.69 Å². The molecule has 0 saturated carbocycles. The summed E-state index contributed by atoms with van der Waals surface area (Å²) < 4.78 is 0. The van der Waals surface area contributed by atoms with Crippen molar-refractivity contribution in [2.24, 2.45) is 11.7 Å². The number of primary amides is 1. The zero-order chi connectivity index (χ0) is 14.7. The Kier molecular flexibility index (Phi) is 4.27. The maximum absolute atomic E-state index is 12.4. The Labute approximate surface area is 119 Å². The van der Waals surface area contributed by atoms with Gasteiger partial charge in [-0.25, -0.2) is 0 Å². The van der Waals surface area contributed by atoms with E-state index in [9.17, 15) is 9.59 Å². The topological polar surface area (TPSA) is 66.6 Å². The minimum atomic E-state index is -0.258. The molecule has 1 aliphatic heterocycles. The monoisotopic (exact) mass is 275 g/mol. The summed E-state index contributed by atoms with van der Waals surface area (Å²) in [5.74, 6) is -0.324. The first-order valence-corrected chi connectivity index (χ1v) is 6.85. The highest BCUT2D eigenvalue weighted by Crippen LogP contribution is 2.20. The van der Waals surface area contributed by atoms with Crippen LogP contribution in [0.25, 0.3) is 0 Å². The zero-order valence-electron chi connectivity index (χ0n) is 12.0. The van der Waals surface area contributed by atoms with E-state index in [2.05, 4.69) is 0 Å². The second kappa shape index (κ2) is 5.94. The third kappa shape index (κ3) is 3.10. The summed E-state index contributed by atoms with van der Waals surface area (Å²) >= 11 is 0. The molecule has 2 rings (SSSR count). The Morgan fingerprint density at radius 2 is 1.90 bits per heavy atom. The van der Waals surface area contributed by atoms with Gasteiger partial charge in [-0.05, 0) is 31.0 Å². The highest BCUT2D eigenvalue weighted by molar-refractivity contribution is 5.95. The quantitative estimate of drug-likeness (QED) is 0.898. The molecule has 0 aliphatic carbocycles. The van der Waals surface area contributed by atoms with Gasteiger partial charge >= 0.3 is 0 Å². The van der Waals surface area contributed by atoms with Crippen molar-refractivity contribution in [3.8, 4) is 0 Å². The normalized spacial score (nSPS) is 16.0. The first-order valence-electron chi connectivity index (χ1n) is 6.85. The van der Waals surface area contributed by atoms with E-state index in [1.807, 2.05) is 43.3 Å². The maximum Gasteiger partial charge on any atom is 0.253 e. The third-order valence-electron chi connectivity index (χ3n) is 3.79. The van der Waals surface area contributed by atoms with Gasteiger partial charge in [-0.1, -0.05) is 6.07 Å². The van der Waals surface area contributed by atoms with E-state index >= 15 is 0 Å².